The Morgan fingerprint density at radius 3 is 2.78 bits per heavy atom. The van der Waals surface area contributed by atoms with Crippen molar-refractivity contribution in [2.75, 3.05) is 27.2 Å². The Morgan fingerprint density at radius 2 is 2.04 bits per heavy atom. The minimum Gasteiger partial charge on any atom is -0.488 e. The number of benzene rings is 1. The summed E-state index contributed by atoms with van der Waals surface area (Å²) in [5.41, 5.74) is 1.25. The molecule has 148 valence electrons. The van der Waals surface area contributed by atoms with Crippen LogP contribution in [0.3, 0.4) is 0 Å². The average molecular weight is 373 g/mol. The molecule has 1 aliphatic carbocycles. The second kappa shape index (κ2) is 9.11. The van der Waals surface area contributed by atoms with Gasteiger partial charge >= 0.3 is 0 Å². The lowest BCUT2D eigenvalue weighted by Crippen LogP contribution is -2.49. The number of guanidine groups is 1. The average Bonchev–Trinajstić information content (AvgIpc) is 3.08. The highest BCUT2D eigenvalue weighted by molar-refractivity contribution is 5.85. The zero-order chi connectivity index (χ0) is 19.2. The highest BCUT2D eigenvalue weighted by atomic mass is 16.5. The first-order valence-electron chi connectivity index (χ1n) is 10.0. The van der Waals surface area contributed by atoms with E-state index < -0.39 is 0 Å². The van der Waals surface area contributed by atoms with Crippen LogP contribution >= 0.6 is 0 Å². The summed E-state index contributed by atoms with van der Waals surface area (Å²) in [4.78, 5) is 18.1. The van der Waals surface area contributed by atoms with Crippen LogP contribution in [0.4, 0.5) is 0 Å². The molecule has 6 nitrogen and oxygen atoms in total. The summed E-state index contributed by atoms with van der Waals surface area (Å²) in [6.45, 7) is 3.10. The number of ether oxygens (including phenoxy) is 1. The Bertz CT molecular complexity index is 649. The first kappa shape index (κ1) is 19.5. The van der Waals surface area contributed by atoms with Crippen LogP contribution in [0.15, 0.2) is 29.3 Å². The number of fused-ring (bicyclic) bond motifs is 1. The van der Waals surface area contributed by atoms with E-state index in [9.17, 15) is 4.79 Å². The molecule has 1 saturated carbocycles. The summed E-state index contributed by atoms with van der Waals surface area (Å²) in [5.74, 6) is 2.29. The number of amides is 1. The van der Waals surface area contributed by atoms with Gasteiger partial charge in [-0.15, -0.1) is 0 Å². The van der Waals surface area contributed by atoms with E-state index in [1.807, 2.05) is 18.2 Å². The van der Waals surface area contributed by atoms with Gasteiger partial charge in [0.1, 0.15) is 18.4 Å². The number of nitrogens with zero attached hydrogens (tertiary/aromatic N) is 2. The van der Waals surface area contributed by atoms with Crippen molar-refractivity contribution in [2.24, 2.45) is 10.9 Å². The predicted molar refractivity (Wildman–Crippen MR) is 108 cm³/mol. The molecule has 3 atom stereocenters. The largest absolute Gasteiger partial charge is 0.488 e. The number of carbonyl (C=O) groups is 1. The van der Waals surface area contributed by atoms with E-state index in [1.54, 1.807) is 19.0 Å². The van der Waals surface area contributed by atoms with E-state index in [0.717, 1.165) is 18.6 Å². The van der Waals surface area contributed by atoms with Crippen LogP contribution in [0.2, 0.25) is 0 Å². The number of nitrogens with one attached hydrogen (secondary N) is 2. The molecule has 0 bridgehead atoms. The molecule has 1 amide bonds. The lowest BCUT2D eigenvalue weighted by atomic mass is 9.86. The van der Waals surface area contributed by atoms with Crippen molar-refractivity contribution < 1.29 is 9.53 Å². The molecule has 6 heteroatoms. The summed E-state index contributed by atoms with van der Waals surface area (Å²) in [7, 11) is 3.51. The number of hydrogen-bond donors (Lipinski definition) is 2. The van der Waals surface area contributed by atoms with Crippen molar-refractivity contribution in [2.45, 2.75) is 51.2 Å². The van der Waals surface area contributed by atoms with E-state index in [1.165, 1.54) is 24.8 Å². The third-order valence-electron chi connectivity index (χ3n) is 5.52. The van der Waals surface area contributed by atoms with Gasteiger partial charge in [0.25, 0.3) is 0 Å². The Hall–Kier alpha value is -2.24. The van der Waals surface area contributed by atoms with Gasteiger partial charge in [0.15, 0.2) is 5.96 Å². The fraction of sp³-hybridized carbons (Fsp3) is 0.619. The fourth-order valence-electron chi connectivity index (χ4n) is 3.73. The standard InChI is InChI=1S/C21H32N4O2/c1-15-8-4-6-10-18(15)24-21(23-14-20(26)25(2)3)22-13-17-12-16-9-5-7-11-19(16)27-17/h5,7,9,11,15,17-18H,4,6,8,10,12-14H2,1-3H3,(H2,22,23,24). The molecule has 1 aromatic carbocycles. The van der Waals surface area contributed by atoms with Gasteiger partial charge in [-0.25, -0.2) is 4.99 Å². The van der Waals surface area contributed by atoms with Crippen LogP contribution in [0.5, 0.6) is 5.75 Å². The SMILES string of the molecule is CC1CCCCC1NC(=NCC(=O)N(C)C)NCC1Cc2ccccc2O1. The summed E-state index contributed by atoms with van der Waals surface area (Å²) in [6, 6.07) is 8.58. The van der Waals surface area contributed by atoms with E-state index in [2.05, 4.69) is 28.6 Å². The maximum Gasteiger partial charge on any atom is 0.243 e. The van der Waals surface area contributed by atoms with Gasteiger partial charge in [0.05, 0.1) is 6.54 Å². The number of carbonyl (C=O) groups excluding carboxylic acids is 1. The molecule has 0 spiro atoms. The third kappa shape index (κ3) is 5.37. The fourth-order valence-corrected chi connectivity index (χ4v) is 3.73. The third-order valence-corrected chi connectivity index (χ3v) is 5.52. The Morgan fingerprint density at radius 1 is 1.26 bits per heavy atom. The molecule has 0 radical (unpaired) electrons. The van der Waals surface area contributed by atoms with E-state index in [-0.39, 0.29) is 18.6 Å². The van der Waals surface area contributed by atoms with Crippen molar-refractivity contribution in [3.05, 3.63) is 29.8 Å². The molecule has 3 rings (SSSR count). The normalized spacial score (nSPS) is 24.7. The van der Waals surface area contributed by atoms with Crippen LogP contribution in [0, 0.1) is 5.92 Å². The molecule has 2 aliphatic rings. The summed E-state index contributed by atoms with van der Waals surface area (Å²) in [5, 5.41) is 6.96. The van der Waals surface area contributed by atoms with E-state index >= 15 is 0 Å². The van der Waals surface area contributed by atoms with Crippen LogP contribution < -0.4 is 15.4 Å². The molecule has 1 fully saturated rings. The molecule has 3 unspecified atom stereocenters. The van der Waals surface area contributed by atoms with E-state index in [4.69, 9.17) is 4.74 Å². The first-order valence-corrected chi connectivity index (χ1v) is 10.0. The van der Waals surface area contributed by atoms with Gasteiger partial charge < -0.3 is 20.3 Å². The summed E-state index contributed by atoms with van der Waals surface area (Å²) >= 11 is 0. The second-order valence-electron chi connectivity index (χ2n) is 7.90. The molecular weight excluding hydrogens is 340 g/mol. The Kier molecular flexibility index (Phi) is 6.58. The van der Waals surface area contributed by atoms with Crippen molar-refractivity contribution in [1.82, 2.24) is 15.5 Å². The minimum atomic E-state index is -0.00249. The highest BCUT2D eigenvalue weighted by Crippen LogP contribution is 2.27. The maximum atomic E-state index is 12.0. The van der Waals surface area contributed by atoms with Gasteiger partial charge in [0.2, 0.25) is 5.91 Å². The monoisotopic (exact) mass is 372 g/mol. The van der Waals surface area contributed by atoms with Gasteiger partial charge in [-0.1, -0.05) is 38.0 Å². The second-order valence-corrected chi connectivity index (χ2v) is 7.90. The molecule has 0 saturated heterocycles. The van der Waals surface area contributed by atoms with Crippen molar-refractivity contribution in [3.8, 4) is 5.75 Å². The van der Waals surface area contributed by atoms with Crippen molar-refractivity contribution in [3.63, 3.8) is 0 Å². The zero-order valence-corrected chi connectivity index (χ0v) is 16.7. The topological polar surface area (TPSA) is 66.0 Å². The Labute approximate surface area is 162 Å². The quantitative estimate of drug-likeness (QED) is 0.614. The smallest absolute Gasteiger partial charge is 0.243 e. The molecule has 1 aromatic rings. The number of likely N-dealkylation sites (N-methyl/N-ethyl adjacent to an activating group) is 1. The van der Waals surface area contributed by atoms with Crippen molar-refractivity contribution in [1.29, 1.82) is 0 Å². The zero-order valence-electron chi connectivity index (χ0n) is 16.7. The number of para-hydroxylation sites is 1. The lowest BCUT2D eigenvalue weighted by molar-refractivity contribution is -0.127. The first-order chi connectivity index (χ1) is 13.0. The number of aliphatic imine (C=N–C) groups is 1. The van der Waals surface area contributed by atoms with Gasteiger partial charge in [0, 0.05) is 26.6 Å². The van der Waals surface area contributed by atoms with Crippen LogP contribution in [0.25, 0.3) is 0 Å². The van der Waals surface area contributed by atoms with Crippen LogP contribution in [0.1, 0.15) is 38.2 Å². The molecule has 1 aliphatic heterocycles. The van der Waals surface area contributed by atoms with Gasteiger partial charge in [-0.3, -0.25) is 4.79 Å². The molecular formula is C21H32N4O2. The molecule has 2 N–H and O–H groups in total. The van der Waals surface area contributed by atoms with Crippen LogP contribution in [-0.4, -0.2) is 56.1 Å². The minimum absolute atomic E-state index is 0.00249. The molecule has 0 aromatic heterocycles. The summed E-state index contributed by atoms with van der Waals surface area (Å²) < 4.78 is 6.01. The highest BCUT2D eigenvalue weighted by Gasteiger charge is 2.25. The number of rotatable bonds is 5. The molecule has 27 heavy (non-hydrogen) atoms. The van der Waals surface area contributed by atoms with Gasteiger partial charge in [-0.05, 0) is 30.4 Å². The Balaban J connectivity index is 1.59. The van der Waals surface area contributed by atoms with Crippen LogP contribution in [-0.2, 0) is 11.2 Å². The predicted octanol–water partition coefficient (Wildman–Crippen LogP) is 2.19. The van der Waals surface area contributed by atoms with E-state index in [0.29, 0.717) is 24.5 Å². The maximum absolute atomic E-state index is 12.0. The summed E-state index contributed by atoms with van der Waals surface area (Å²) in [6.07, 6.45) is 5.91. The lowest BCUT2D eigenvalue weighted by Gasteiger charge is -2.31. The molecule has 1 heterocycles. The van der Waals surface area contributed by atoms with Crippen molar-refractivity contribution >= 4 is 11.9 Å². The number of hydrogen-bond acceptors (Lipinski definition) is 3. The van der Waals surface area contributed by atoms with Gasteiger partial charge in [-0.2, -0.15) is 0 Å².